The topological polar surface area (TPSA) is 96.0 Å². The number of nitriles is 1. The van der Waals surface area contributed by atoms with Crippen LogP contribution in [0.5, 0.6) is 0 Å². The number of amides is 1. The summed E-state index contributed by atoms with van der Waals surface area (Å²) in [4.78, 5) is 23.5. The first-order valence-electron chi connectivity index (χ1n) is 5.92. The molecule has 6 nitrogen and oxygen atoms in total. The number of ketones is 1. The predicted molar refractivity (Wildman–Crippen MR) is 71.9 cm³/mol. The van der Waals surface area contributed by atoms with Gasteiger partial charge in [0.2, 0.25) is 11.1 Å². The largest absolute Gasteiger partial charge is 0.351 e. The summed E-state index contributed by atoms with van der Waals surface area (Å²) in [6.07, 6.45) is 1.76. The molecule has 0 aliphatic carbocycles. The van der Waals surface area contributed by atoms with Crippen LogP contribution in [0.4, 0.5) is 0 Å². The molecule has 1 aromatic rings. The molecular weight excluding hydrogens is 282 g/mol. The van der Waals surface area contributed by atoms with E-state index in [0.717, 1.165) is 0 Å². The lowest BCUT2D eigenvalue weighted by atomic mass is 9.98. The van der Waals surface area contributed by atoms with Crippen LogP contribution < -0.4 is 5.32 Å². The van der Waals surface area contributed by atoms with Crippen LogP contribution in [-0.4, -0.2) is 23.4 Å². The van der Waals surface area contributed by atoms with Crippen molar-refractivity contribution >= 4 is 23.3 Å². The molecule has 1 N–H and O–H groups in total. The van der Waals surface area contributed by atoms with Crippen LogP contribution in [0.1, 0.15) is 17.7 Å². The van der Waals surface area contributed by atoms with E-state index in [1.54, 1.807) is 13.0 Å². The molecule has 1 rings (SSSR count). The number of hydrogen-bond donors (Lipinski definition) is 1. The van der Waals surface area contributed by atoms with Gasteiger partial charge in [0.1, 0.15) is 0 Å². The van der Waals surface area contributed by atoms with Gasteiger partial charge in [-0.2, -0.15) is 5.26 Å². The SMILES string of the molecule is C=CCNC(=O)C(C#N)C(=O)CCc1c(C)noc1Cl. The highest BCUT2D eigenvalue weighted by Crippen LogP contribution is 2.21. The summed E-state index contributed by atoms with van der Waals surface area (Å²) in [5.41, 5.74) is 1.20. The second kappa shape index (κ2) is 7.46. The van der Waals surface area contributed by atoms with Crippen molar-refractivity contribution < 1.29 is 14.1 Å². The summed E-state index contributed by atoms with van der Waals surface area (Å²) in [5.74, 6) is -2.41. The van der Waals surface area contributed by atoms with Gasteiger partial charge in [-0.3, -0.25) is 9.59 Å². The Hall–Kier alpha value is -2.13. The highest BCUT2D eigenvalue weighted by molar-refractivity contribution is 6.29. The number of rotatable bonds is 7. The van der Waals surface area contributed by atoms with E-state index in [9.17, 15) is 9.59 Å². The second-order valence-corrected chi connectivity index (χ2v) is 4.43. The summed E-state index contributed by atoms with van der Waals surface area (Å²) in [6.45, 7) is 5.35. The van der Waals surface area contributed by atoms with Gasteiger partial charge in [-0.1, -0.05) is 11.2 Å². The van der Waals surface area contributed by atoms with Gasteiger partial charge in [-0.05, 0) is 24.9 Å². The zero-order valence-electron chi connectivity index (χ0n) is 11.0. The Morgan fingerprint density at radius 1 is 1.65 bits per heavy atom. The minimum atomic E-state index is -1.33. The molecular formula is C13H14ClN3O3. The fourth-order valence-corrected chi connectivity index (χ4v) is 1.85. The van der Waals surface area contributed by atoms with Gasteiger partial charge in [-0.15, -0.1) is 6.58 Å². The first-order chi connectivity index (χ1) is 9.51. The molecule has 0 fully saturated rings. The van der Waals surface area contributed by atoms with Crippen LogP contribution in [0.15, 0.2) is 17.2 Å². The van der Waals surface area contributed by atoms with Crippen molar-refractivity contribution in [2.75, 3.05) is 6.54 Å². The third-order valence-electron chi connectivity index (χ3n) is 2.69. The van der Waals surface area contributed by atoms with E-state index in [2.05, 4.69) is 17.1 Å². The molecule has 20 heavy (non-hydrogen) atoms. The van der Waals surface area contributed by atoms with Crippen molar-refractivity contribution in [2.45, 2.75) is 19.8 Å². The predicted octanol–water partition coefficient (Wildman–Crippen LogP) is 1.58. The number of Topliss-reactive ketones (excluding diaryl/α,β-unsaturated/α-hetero) is 1. The van der Waals surface area contributed by atoms with Gasteiger partial charge >= 0.3 is 0 Å². The van der Waals surface area contributed by atoms with E-state index >= 15 is 0 Å². The number of nitrogens with zero attached hydrogens (tertiary/aromatic N) is 2. The molecule has 7 heteroatoms. The monoisotopic (exact) mass is 295 g/mol. The van der Waals surface area contributed by atoms with E-state index in [4.69, 9.17) is 21.4 Å². The summed E-state index contributed by atoms with van der Waals surface area (Å²) >= 11 is 5.78. The van der Waals surface area contributed by atoms with Gasteiger partial charge in [0.25, 0.3) is 0 Å². The van der Waals surface area contributed by atoms with Crippen LogP contribution in [0.2, 0.25) is 5.22 Å². The summed E-state index contributed by atoms with van der Waals surface area (Å²) < 4.78 is 4.76. The van der Waals surface area contributed by atoms with Gasteiger partial charge < -0.3 is 9.84 Å². The van der Waals surface area contributed by atoms with Crippen molar-refractivity contribution in [3.05, 3.63) is 29.1 Å². The second-order valence-electron chi connectivity index (χ2n) is 4.08. The molecule has 1 amide bonds. The highest BCUT2D eigenvalue weighted by Gasteiger charge is 2.26. The third kappa shape index (κ3) is 3.93. The molecule has 0 saturated heterocycles. The molecule has 0 spiro atoms. The van der Waals surface area contributed by atoms with E-state index in [1.807, 2.05) is 0 Å². The zero-order chi connectivity index (χ0) is 15.1. The van der Waals surface area contributed by atoms with Crippen LogP contribution in [-0.2, 0) is 16.0 Å². The lowest BCUT2D eigenvalue weighted by Crippen LogP contribution is -2.34. The average molecular weight is 296 g/mol. The lowest BCUT2D eigenvalue weighted by Gasteiger charge is -2.07. The fraction of sp³-hybridized carbons (Fsp3) is 0.385. The maximum Gasteiger partial charge on any atom is 0.245 e. The van der Waals surface area contributed by atoms with E-state index < -0.39 is 17.6 Å². The molecule has 0 aliphatic heterocycles. The smallest absolute Gasteiger partial charge is 0.245 e. The Morgan fingerprint density at radius 2 is 2.35 bits per heavy atom. The van der Waals surface area contributed by atoms with Crippen molar-refractivity contribution in [2.24, 2.45) is 5.92 Å². The number of aromatic nitrogens is 1. The first-order valence-corrected chi connectivity index (χ1v) is 6.30. The molecule has 0 radical (unpaired) electrons. The molecule has 0 aromatic carbocycles. The molecule has 0 aliphatic rings. The Kier molecular flexibility index (Phi) is 5.94. The Morgan fingerprint density at radius 3 is 2.85 bits per heavy atom. The Balaban J connectivity index is 2.63. The molecule has 106 valence electrons. The third-order valence-corrected chi connectivity index (χ3v) is 2.99. The van der Waals surface area contributed by atoms with Gasteiger partial charge in [0.15, 0.2) is 11.7 Å². The van der Waals surface area contributed by atoms with Crippen molar-refractivity contribution in [3.8, 4) is 6.07 Å². The van der Waals surface area contributed by atoms with Gasteiger partial charge in [0.05, 0.1) is 11.8 Å². The molecule has 1 atom stereocenters. The van der Waals surface area contributed by atoms with Crippen molar-refractivity contribution in [3.63, 3.8) is 0 Å². The standard InChI is InChI=1S/C13H14ClN3O3/c1-3-6-16-13(19)10(7-15)11(18)5-4-9-8(2)17-20-12(9)14/h3,10H,1,4-6H2,2H3,(H,16,19). The zero-order valence-corrected chi connectivity index (χ0v) is 11.7. The van der Waals surface area contributed by atoms with E-state index in [0.29, 0.717) is 11.3 Å². The minimum Gasteiger partial charge on any atom is -0.351 e. The number of aryl methyl sites for hydroxylation is 1. The number of carbonyl (C=O) groups excluding carboxylic acids is 2. The number of carbonyl (C=O) groups is 2. The summed E-state index contributed by atoms with van der Waals surface area (Å²) in [5, 5.41) is 15.1. The number of halogens is 1. The van der Waals surface area contributed by atoms with Crippen molar-refractivity contribution in [1.82, 2.24) is 10.5 Å². The Labute approximate surface area is 121 Å². The van der Waals surface area contributed by atoms with Crippen LogP contribution in [0, 0.1) is 24.2 Å². The maximum atomic E-state index is 11.9. The molecule has 0 bridgehead atoms. The number of nitrogens with one attached hydrogen (secondary N) is 1. The normalized spacial score (nSPS) is 11.4. The van der Waals surface area contributed by atoms with Gasteiger partial charge in [-0.25, -0.2) is 0 Å². The van der Waals surface area contributed by atoms with Crippen LogP contribution in [0.3, 0.4) is 0 Å². The lowest BCUT2D eigenvalue weighted by molar-refractivity contribution is -0.131. The summed E-state index contributed by atoms with van der Waals surface area (Å²) in [7, 11) is 0. The average Bonchev–Trinajstić information content (AvgIpc) is 2.74. The highest BCUT2D eigenvalue weighted by atomic mass is 35.5. The van der Waals surface area contributed by atoms with E-state index in [-0.39, 0.29) is 24.6 Å². The molecule has 1 heterocycles. The maximum absolute atomic E-state index is 11.9. The first kappa shape index (κ1) is 15.9. The molecule has 1 aromatic heterocycles. The van der Waals surface area contributed by atoms with Crippen LogP contribution in [0.25, 0.3) is 0 Å². The number of hydrogen-bond acceptors (Lipinski definition) is 5. The van der Waals surface area contributed by atoms with Crippen molar-refractivity contribution in [1.29, 1.82) is 5.26 Å². The molecule has 0 saturated carbocycles. The quantitative estimate of drug-likeness (QED) is 0.608. The fourth-order valence-electron chi connectivity index (χ4n) is 1.58. The van der Waals surface area contributed by atoms with E-state index in [1.165, 1.54) is 6.08 Å². The summed E-state index contributed by atoms with van der Waals surface area (Å²) in [6, 6.07) is 1.70. The van der Waals surface area contributed by atoms with Gasteiger partial charge in [0, 0.05) is 18.5 Å². The van der Waals surface area contributed by atoms with Crippen LogP contribution >= 0.6 is 11.6 Å². The minimum absolute atomic E-state index is 0.0154. The Bertz CT molecular complexity index is 540. The molecule has 1 unspecified atom stereocenters.